The fraction of sp³-hybridized carbons (Fsp3) is 0.579. The van der Waals surface area contributed by atoms with Gasteiger partial charge in [0.25, 0.3) is 0 Å². The number of thiazole rings is 1. The van der Waals surface area contributed by atoms with Crippen LogP contribution in [0.15, 0.2) is 6.07 Å². The maximum Gasteiger partial charge on any atom is 0.347 e. The maximum absolute atomic E-state index is 11.4. The lowest BCUT2D eigenvalue weighted by Gasteiger charge is -2.35. The lowest BCUT2D eigenvalue weighted by atomic mass is 10.3. The number of nitrogens with one attached hydrogen (secondary N) is 1. The van der Waals surface area contributed by atoms with Crippen LogP contribution in [-0.2, 0) is 15.9 Å². The summed E-state index contributed by atoms with van der Waals surface area (Å²) in [6.07, 6.45) is 0.564. The number of rotatable bonds is 10. The second-order valence-corrected chi connectivity index (χ2v) is 7.88. The maximum atomic E-state index is 11.4. The molecule has 164 valence electrons. The summed E-state index contributed by atoms with van der Waals surface area (Å²) in [4.78, 5) is 29.6. The van der Waals surface area contributed by atoms with Crippen molar-refractivity contribution in [3.8, 4) is 0 Å². The van der Waals surface area contributed by atoms with Gasteiger partial charge in [-0.15, -0.1) is 0 Å². The van der Waals surface area contributed by atoms with Gasteiger partial charge in [0.2, 0.25) is 0 Å². The summed E-state index contributed by atoms with van der Waals surface area (Å²) < 4.78 is 10.3. The van der Waals surface area contributed by atoms with Crippen molar-refractivity contribution in [1.29, 1.82) is 0 Å². The van der Waals surface area contributed by atoms with Crippen LogP contribution in [0.25, 0.3) is 0 Å². The van der Waals surface area contributed by atoms with Gasteiger partial charge in [-0.3, -0.25) is 4.90 Å². The normalized spacial score (nSPS) is 14.8. The third kappa shape index (κ3) is 5.85. The molecule has 3 heterocycles. The number of nitrogens with zero attached hydrogens (tertiary/aromatic N) is 5. The fourth-order valence-electron chi connectivity index (χ4n) is 3.24. The zero-order valence-corrected chi connectivity index (χ0v) is 18.4. The number of ether oxygens (including phenoxy) is 2. The predicted octanol–water partition coefficient (Wildman–Crippen LogP) is 1.99. The Morgan fingerprint density at radius 3 is 2.67 bits per heavy atom. The molecule has 2 aromatic rings. The Bertz CT molecular complexity index is 854. The highest BCUT2D eigenvalue weighted by Crippen LogP contribution is 2.27. The van der Waals surface area contributed by atoms with Gasteiger partial charge in [0, 0.05) is 45.9 Å². The summed E-state index contributed by atoms with van der Waals surface area (Å²) in [7, 11) is 1.62. The first-order valence-corrected chi connectivity index (χ1v) is 10.7. The summed E-state index contributed by atoms with van der Waals surface area (Å²) in [5, 5.41) is 13.0. The number of aromatic nitrogens is 3. The molecule has 0 bridgehead atoms. The molecule has 2 aromatic heterocycles. The van der Waals surface area contributed by atoms with Crippen LogP contribution in [-0.4, -0.2) is 84.2 Å². The van der Waals surface area contributed by atoms with Gasteiger partial charge in [0.05, 0.1) is 12.3 Å². The minimum atomic E-state index is -0.956. The van der Waals surface area contributed by atoms with E-state index in [0.717, 1.165) is 49.9 Å². The van der Waals surface area contributed by atoms with Crippen molar-refractivity contribution in [1.82, 2.24) is 19.9 Å². The molecule has 0 saturated carbocycles. The monoisotopic (exact) mass is 436 g/mol. The molecule has 30 heavy (non-hydrogen) atoms. The van der Waals surface area contributed by atoms with E-state index in [-0.39, 0.29) is 4.88 Å². The summed E-state index contributed by atoms with van der Waals surface area (Å²) in [5.41, 5.74) is 0.576. The van der Waals surface area contributed by atoms with E-state index in [1.165, 1.54) is 0 Å². The van der Waals surface area contributed by atoms with Gasteiger partial charge in [-0.1, -0.05) is 18.3 Å². The van der Waals surface area contributed by atoms with E-state index in [2.05, 4.69) is 30.1 Å². The molecule has 0 unspecified atom stereocenters. The molecule has 0 atom stereocenters. The zero-order chi connectivity index (χ0) is 21.5. The van der Waals surface area contributed by atoms with Crippen molar-refractivity contribution in [2.75, 3.05) is 63.5 Å². The van der Waals surface area contributed by atoms with Crippen molar-refractivity contribution in [2.45, 2.75) is 20.3 Å². The Kier molecular flexibility index (Phi) is 7.91. The minimum Gasteiger partial charge on any atom is -0.477 e. The molecule has 11 heteroatoms. The van der Waals surface area contributed by atoms with Crippen LogP contribution >= 0.6 is 11.3 Å². The van der Waals surface area contributed by atoms with E-state index in [9.17, 15) is 9.90 Å². The third-order valence-electron chi connectivity index (χ3n) is 4.74. The number of carboxylic acids is 1. The Morgan fingerprint density at radius 1 is 1.27 bits per heavy atom. The lowest BCUT2D eigenvalue weighted by molar-refractivity contribution is -0.0367. The Morgan fingerprint density at radius 2 is 2.03 bits per heavy atom. The van der Waals surface area contributed by atoms with Crippen LogP contribution in [0.3, 0.4) is 0 Å². The van der Waals surface area contributed by atoms with Crippen LogP contribution < -0.4 is 10.2 Å². The van der Waals surface area contributed by atoms with Crippen LogP contribution in [0.1, 0.15) is 28.1 Å². The number of aryl methyl sites for hydroxylation is 2. The summed E-state index contributed by atoms with van der Waals surface area (Å²) in [5.74, 6) is 1.16. The molecule has 1 saturated heterocycles. The zero-order valence-electron chi connectivity index (χ0n) is 17.6. The molecule has 0 aromatic carbocycles. The van der Waals surface area contributed by atoms with Gasteiger partial charge < -0.3 is 24.8 Å². The number of anilines is 3. The highest BCUT2D eigenvalue weighted by atomic mass is 32.1. The quantitative estimate of drug-likeness (QED) is 0.423. The second kappa shape index (κ2) is 10.6. The minimum absolute atomic E-state index is 0.261. The molecular weight excluding hydrogens is 408 g/mol. The largest absolute Gasteiger partial charge is 0.477 e. The molecule has 1 fully saturated rings. The SMILES string of the molecule is CCc1nc(Nc2cc(N3CCN(CCOCOC)CC3)nc(C)n2)sc1C(=O)O. The number of carbonyl (C=O) groups is 1. The molecule has 0 aliphatic carbocycles. The van der Waals surface area contributed by atoms with E-state index < -0.39 is 5.97 Å². The molecule has 10 nitrogen and oxygen atoms in total. The summed E-state index contributed by atoms with van der Waals surface area (Å²) in [6.45, 7) is 9.17. The van der Waals surface area contributed by atoms with E-state index in [0.29, 0.717) is 42.3 Å². The Hall–Kier alpha value is -2.34. The van der Waals surface area contributed by atoms with Crippen molar-refractivity contribution in [2.24, 2.45) is 0 Å². The smallest absolute Gasteiger partial charge is 0.347 e. The molecule has 1 aliphatic heterocycles. The first-order valence-electron chi connectivity index (χ1n) is 9.89. The Labute approximate surface area is 179 Å². The molecule has 1 aliphatic rings. The number of methoxy groups -OCH3 is 1. The van der Waals surface area contributed by atoms with Crippen LogP contribution in [0, 0.1) is 6.92 Å². The van der Waals surface area contributed by atoms with Crippen molar-refractivity contribution >= 4 is 34.1 Å². The fourth-order valence-corrected chi connectivity index (χ4v) is 4.14. The Balaban J connectivity index is 1.63. The topological polar surface area (TPSA) is 113 Å². The van der Waals surface area contributed by atoms with Crippen molar-refractivity contribution in [3.05, 3.63) is 22.5 Å². The molecule has 0 radical (unpaired) electrons. The summed E-state index contributed by atoms with van der Waals surface area (Å²) in [6, 6.07) is 1.89. The number of hydrogen-bond acceptors (Lipinski definition) is 10. The third-order valence-corrected chi connectivity index (χ3v) is 5.74. The van der Waals surface area contributed by atoms with Gasteiger partial charge in [-0.25, -0.2) is 19.7 Å². The van der Waals surface area contributed by atoms with Gasteiger partial charge in [0.15, 0.2) is 5.13 Å². The van der Waals surface area contributed by atoms with Gasteiger partial charge in [-0.05, 0) is 13.3 Å². The van der Waals surface area contributed by atoms with Crippen molar-refractivity contribution in [3.63, 3.8) is 0 Å². The van der Waals surface area contributed by atoms with E-state index in [4.69, 9.17) is 9.47 Å². The molecule has 3 rings (SSSR count). The van der Waals surface area contributed by atoms with Gasteiger partial charge in [-0.2, -0.15) is 0 Å². The number of hydrogen-bond donors (Lipinski definition) is 2. The number of piperazine rings is 1. The average molecular weight is 437 g/mol. The molecule has 0 spiro atoms. The number of aromatic carboxylic acids is 1. The van der Waals surface area contributed by atoms with E-state index >= 15 is 0 Å². The van der Waals surface area contributed by atoms with Crippen LogP contribution in [0.5, 0.6) is 0 Å². The first-order chi connectivity index (χ1) is 14.5. The first kappa shape index (κ1) is 22.3. The van der Waals surface area contributed by atoms with Crippen molar-refractivity contribution < 1.29 is 19.4 Å². The second-order valence-electron chi connectivity index (χ2n) is 6.88. The standard InChI is InChI=1S/C19H28N6O4S/c1-4-14-17(18(26)27)30-19(22-14)23-15-11-16(21-13(2)20-15)25-7-5-24(6-8-25)9-10-29-12-28-3/h11H,4-10,12H2,1-3H3,(H,26,27)(H,20,21,22,23). The predicted molar refractivity (Wildman–Crippen MR) is 115 cm³/mol. The van der Waals surface area contributed by atoms with Crippen LogP contribution in [0.4, 0.5) is 16.8 Å². The van der Waals surface area contributed by atoms with E-state index in [1.807, 2.05) is 19.9 Å². The summed E-state index contributed by atoms with van der Waals surface area (Å²) >= 11 is 1.12. The molecular formula is C19H28N6O4S. The lowest BCUT2D eigenvalue weighted by Crippen LogP contribution is -2.47. The highest BCUT2D eigenvalue weighted by Gasteiger charge is 2.20. The van der Waals surface area contributed by atoms with Crippen LogP contribution in [0.2, 0.25) is 0 Å². The molecule has 2 N–H and O–H groups in total. The number of carboxylic acid groups (broad SMARTS) is 1. The molecule has 0 amide bonds. The van der Waals surface area contributed by atoms with E-state index in [1.54, 1.807) is 7.11 Å². The highest BCUT2D eigenvalue weighted by molar-refractivity contribution is 7.17. The van der Waals surface area contributed by atoms with Gasteiger partial charge in [0.1, 0.15) is 29.1 Å². The average Bonchev–Trinajstić information content (AvgIpc) is 3.14. The van der Waals surface area contributed by atoms with Gasteiger partial charge >= 0.3 is 5.97 Å².